The minimum Gasteiger partial charge on any atom is -0.297 e. The first kappa shape index (κ1) is 10.9. The highest BCUT2D eigenvalue weighted by Crippen LogP contribution is 2.56. The number of aliphatic imine (C=N–C) groups is 1. The third-order valence-electron chi connectivity index (χ3n) is 3.59. The highest BCUT2D eigenvalue weighted by atomic mass is 35.5. The lowest BCUT2D eigenvalue weighted by molar-refractivity contribution is 0.886. The van der Waals surface area contributed by atoms with Gasteiger partial charge in [-0.05, 0) is 31.3 Å². The lowest BCUT2D eigenvalue weighted by Crippen LogP contribution is -2.03. The van der Waals surface area contributed by atoms with Crippen molar-refractivity contribution in [3.63, 3.8) is 0 Å². The van der Waals surface area contributed by atoms with Gasteiger partial charge in [0.05, 0.1) is 0 Å². The molecule has 0 aliphatic heterocycles. The standard InChI is InChI=1S/C13H18ClN/c1-4-5-11(15-3)13-9-6-7-10(14)8(2)12(9)13/h6-7,9,12-13H,4-5H2,1-3H3/b15-11+/t9-,12?,13?/m0/s1. The van der Waals surface area contributed by atoms with Crippen molar-refractivity contribution in [2.24, 2.45) is 22.7 Å². The Morgan fingerprint density at radius 3 is 2.87 bits per heavy atom. The molecule has 0 amide bonds. The Balaban J connectivity index is 2.15. The molecule has 1 nitrogen and oxygen atoms in total. The van der Waals surface area contributed by atoms with Crippen molar-refractivity contribution in [1.29, 1.82) is 0 Å². The van der Waals surface area contributed by atoms with E-state index in [1.165, 1.54) is 17.7 Å². The Kier molecular flexibility index (Phi) is 3.01. The van der Waals surface area contributed by atoms with Gasteiger partial charge in [0, 0.05) is 23.7 Å². The summed E-state index contributed by atoms with van der Waals surface area (Å²) in [4.78, 5) is 4.44. The first-order valence-corrected chi connectivity index (χ1v) is 6.08. The maximum Gasteiger partial charge on any atom is 0.0395 e. The third kappa shape index (κ3) is 1.78. The molecule has 82 valence electrons. The number of allylic oxidation sites excluding steroid dienone is 4. The van der Waals surface area contributed by atoms with Crippen LogP contribution in [0.2, 0.25) is 0 Å². The van der Waals surface area contributed by atoms with Crippen LogP contribution in [0.5, 0.6) is 0 Å². The molecule has 2 rings (SSSR count). The van der Waals surface area contributed by atoms with E-state index in [0.717, 1.165) is 11.5 Å². The molecule has 0 radical (unpaired) electrons. The molecule has 2 unspecified atom stereocenters. The van der Waals surface area contributed by atoms with E-state index in [1.807, 2.05) is 7.05 Å². The molecular formula is C13H18ClN. The summed E-state index contributed by atoms with van der Waals surface area (Å²) in [6.45, 7) is 4.37. The van der Waals surface area contributed by atoms with Crippen LogP contribution < -0.4 is 0 Å². The third-order valence-corrected chi connectivity index (χ3v) is 4.02. The van der Waals surface area contributed by atoms with E-state index in [9.17, 15) is 0 Å². The fraction of sp³-hybridized carbons (Fsp3) is 0.615. The summed E-state index contributed by atoms with van der Waals surface area (Å²) in [5.74, 6) is 1.97. The zero-order chi connectivity index (χ0) is 11.0. The van der Waals surface area contributed by atoms with Crippen molar-refractivity contribution < 1.29 is 0 Å². The number of hydrogen-bond donors (Lipinski definition) is 0. The van der Waals surface area contributed by atoms with Gasteiger partial charge in [0.25, 0.3) is 0 Å². The molecule has 0 bridgehead atoms. The number of nitrogens with zero attached hydrogens (tertiary/aromatic N) is 1. The van der Waals surface area contributed by atoms with Crippen LogP contribution in [0.3, 0.4) is 0 Å². The monoisotopic (exact) mass is 223 g/mol. The van der Waals surface area contributed by atoms with E-state index >= 15 is 0 Å². The Morgan fingerprint density at radius 1 is 1.53 bits per heavy atom. The van der Waals surface area contributed by atoms with Crippen molar-refractivity contribution >= 4 is 17.3 Å². The van der Waals surface area contributed by atoms with Crippen LogP contribution in [0.25, 0.3) is 0 Å². The highest BCUT2D eigenvalue weighted by Gasteiger charge is 2.53. The predicted molar refractivity (Wildman–Crippen MR) is 66.4 cm³/mol. The molecule has 15 heavy (non-hydrogen) atoms. The van der Waals surface area contributed by atoms with E-state index in [0.29, 0.717) is 17.8 Å². The molecule has 0 heterocycles. The Labute approximate surface area is 96.9 Å². The van der Waals surface area contributed by atoms with Crippen molar-refractivity contribution in [2.45, 2.75) is 26.7 Å². The van der Waals surface area contributed by atoms with Crippen molar-refractivity contribution in [3.8, 4) is 0 Å². The summed E-state index contributed by atoms with van der Waals surface area (Å²) in [5, 5.41) is 0.936. The van der Waals surface area contributed by atoms with Crippen LogP contribution in [0.1, 0.15) is 26.7 Å². The van der Waals surface area contributed by atoms with E-state index in [-0.39, 0.29) is 0 Å². The summed E-state index contributed by atoms with van der Waals surface area (Å²) >= 11 is 6.13. The minimum atomic E-state index is 0.641. The molecule has 1 fully saturated rings. The zero-order valence-electron chi connectivity index (χ0n) is 9.63. The first-order chi connectivity index (χ1) is 7.20. The van der Waals surface area contributed by atoms with Gasteiger partial charge in [-0.3, -0.25) is 4.99 Å². The number of hydrogen-bond acceptors (Lipinski definition) is 1. The molecule has 2 aliphatic carbocycles. The molecule has 0 N–H and O–H groups in total. The summed E-state index contributed by atoms with van der Waals surface area (Å²) in [7, 11) is 1.92. The molecule has 3 atom stereocenters. The fourth-order valence-corrected chi connectivity index (χ4v) is 2.93. The SMILES string of the molecule is CCC/C(=N\C)C1C2C(C)=C(Cl)C=C[C@@H]21. The van der Waals surface area contributed by atoms with Gasteiger partial charge in [-0.15, -0.1) is 0 Å². The Morgan fingerprint density at radius 2 is 2.27 bits per heavy atom. The molecule has 2 heteroatoms. The second-order valence-corrected chi connectivity index (χ2v) is 4.89. The Bertz CT molecular complexity index is 352. The maximum absolute atomic E-state index is 6.13. The number of rotatable bonds is 3. The Hall–Kier alpha value is -0.560. The lowest BCUT2D eigenvalue weighted by atomic mass is 10.0. The van der Waals surface area contributed by atoms with Gasteiger partial charge in [-0.2, -0.15) is 0 Å². The van der Waals surface area contributed by atoms with Crippen LogP contribution in [-0.2, 0) is 0 Å². The second-order valence-electron chi connectivity index (χ2n) is 4.48. The van der Waals surface area contributed by atoms with Crippen LogP contribution in [0.4, 0.5) is 0 Å². The summed E-state index contributed by atoms with van der Waals surface area (Å²) < 4.78 is 0. The van der Waals surface area contributed by atoms with E-state index in [2.05, 4.69) is 31.0 Å². The molecule has 1 saturated carbocycles. The van der Waals surface area contributed by atoms with Crippen LogP contribution >= 0.6 is 11.6 Å². The molecule has 0 aromatic carbocycles. The van der Waals surface area contributed by atoms with Crippen LogP contribution in [0, 0.1) is 17.8 Å². The van der Waals surface area contributed by atoms with Gasteiger partial charge in [0.15, 0.2) is 0 Å². The molecule has 0 spiro atoms. The van der Waals surface area contributed by atoms with Gasteiger partial charge >= 0.3 is 0 Å². The lowest BCUT2D eigenvalue weighted by Gasteiger charge is -2.05. The van der Waals surface area contributed by atoms with Gasteiger partial charge in [0.2, 0.25) is 0 Å². The van der Waals surface area contributed by atoms with E-state index in [1.54, 1.807) is 0 Å². The summed E-state index contributed by atoms with van der Waals surface area (Å²) in [6, 6.07) is 0. The number of halogens is 1. The van der Waals surface area contributed by atoms with Gasteiger partial charge in [0.1, 0.15) is 0 Å². The van der Waals surface area contributed by atoms with Gasteiger partial charge in [-0.25, -0.2) is 0 Å². The normalized spacial score (nSPS) is 34.4. The van der Waals surface area contributed by atoms with E-state index in [4.69, 9.17) is 11.6 Å². The topological polar surface area (TPSA) is 12.4 Å². The van der Waals surface area contributed by atoms with Gasteiger partial charge in [-0.1, -0.05) is 36.6 Å². The van der Waals surface area contributed by atoms with Crippen molar-refractivity contribution in [3.05, 3.63) is 22.8 Å². The molecule has 0 aromatic heterocycles. The summed E-state index contributed by atoms with van der Waals surface area (Å²) in [5.41, 5.74) is 2.73. The smallest absolute Gasteiger partial charge is 0.0395 e. The highest BCUT2D eigenvalue weighted by molar-refractivity contribution is 6.31. The average molecular weight is 224 g/mol. The van der Waals surface area contributed by atoms with Crippen molar-refractivity contribution in [1.82, 2.24) is 0 Å². The van der Waals surface area contributed by atoms with Crippen molar-refractivity contribution in [2.75, 3.05) is 7.05 Å². The average Bonchev–Trinajstić information content (AvgIpc) is 2.95. The first-order valence-electron chi connectivity index (χ1n) is 5.70. The van der Waals surface area contributed by atoms with Crippen LogP contribution in [-0.4, -0.2) is 12.8 Å². The van der Waals surface area contributed by atoms with E-state index < -0.39 is 0 Å². The molecule has 0 saturated heterocycles. The summed E-state index contributed by atoms with van der Waals surface area (Å²) in [6.07, 6.45) is 6.62. The molecule has 2 aliphatic rings. The second kappa shape index (κ2) is 4.13. The molecular weight excluding hydrogens is 206 g/mol. The quantitative estimate of drug-likeness (QED) is 0.646. The fourth-order valence-electron chi connectivity index (χ4n) is 2.73. The molecule has 0 aromatic rings. The zero-order valence-corrected chi connectivity index (χ0v) is 10.4. The largest absolute Gasteiger partial charge is 0.297 e. The minimum absolute atomic E-state index is 0.641. The van der Waals surface area contributed by atoms with Crippen LogP contribution in [0.15, 0.2) is 27.7 Å². The maximum atomic E-state index is 6.13. The number of fused-ring (bicyclic) bond motifs is 1. The van der Waals surface area contributed by atoms with Gasteiger partial charge < -0.3 is 0 Å². The predicted octanol–water partition coefficient (Wildman–Crippen LogP) is 3.80.